The summed E-state index contributed by atoms with van der Waals surface area (Å²) in [4.78, 5) is 11.9. The molecule has 4 N–H and O–H groups in total. The van der Waals surface area contributed by atoms with Crippen molar-refractivity contribution in [3.63, 3.8) is 0 Å². The van der Waals surface area contributed by atoms with Crippen LogP contribution in [0.25, 0.3) is 0 Å². The van der Waals surface area contributed by atoms with Crippen molar-refractivity contribution in [2.75, 3.05) is 17.6 Å². The molecule has 0 radical (unpaired) electrons. The number of hydrogen-bond acceptors (Lipinski definition) is 4. The van der Waals surface area contributed by atoms with Crippen LogP contribution in [0.5, 0.6) is 0 Å². The minimum absolute atomic E-state index is 0.158. The van der Waals surface area contributed by atoms with Gasteiger partial charge in [-0.25, -0.2) is 0 Å². The van der Waals surface area contributed by atoms with E-state index in [4.69, 9.17) is 11.0 Å². The van der Waals surface area contributed by atoms with E-state index in [-0.39, 0.29) is 5.91 Å². The number of carbonyl (C=O) groups excluding carboxylic acids is 1. The number of nitrogens with zero attached hydrogens (tertiary/aromatic N) is 1. The molecule has 0 aromatic heterocycles. The summed E-state index contributed by atoms with van der Waals surface area (Å²) in [6.45, 7) is 2.42. The van der Waals surface area contributed by atoms with Crippen molar-refractivity contribution in [2.24, 2.45) is 0 Å². The summed E-state index contributed by atoms with van der Waals surface area (Å²) in [6.07, 6.45) is 0. The number of hydrogen-bond donors (Lipinski definition) is 3. The molecule has 106 valence electrons. The lowest BCUT2D eigenvalue weighted by Gasteiger charge is -2.12. The van der Waals surface area contributed by atoms with Crippen LogP contribution >= 0.6 is 0 Å². The van der Waals surface area contributed by atoms with Gasteiger partial charge in [-0.1, -0.05) is 12.1 Å². The van der Waals surface area contributed by atoms with Gasteiger partial charge in [-0.05, 0) is 37.3 Å². The van der Waals surface area contributed by atoms with Crippen molar-refractivity contribution < 1.29 is 4.79 Å². The summed E-state index contributed by atoms with van der Waals surface area (Å²) < 4.78 is 0. The van der Waals surface area contributed by atoms with Crippen LogP contribution in [0.15, 0.2) is 42.5 Å². The summed E-state index contributed by atoms with van der Waals surface area (Å²) >= 11 is 0. The zero-order valence-electron chi connectivity index (χ0n) is 11.7. The molecule has 21 heavy (non-hydrogen) atoms. The van der Waals surface area contributed by atoms with Crippen molar-refractivity contribution >= 4 is 23.0 Å². The van der Waals surface area contributed by atoms with Gasteiger partial charge in [0.05, 0.1) is 22.6 Å². The number of benzene rings is 2. The predicted molar refractivity (Wildman–Crippen MR) is 83.3 cm³/mol. The van der Waals surface area contributed by atoms with Gasteiger partial charge in [0, 0.05) is 12.1 Å². The number of carbonyl (C=O) groups is 1. The van der Waals surface area contributed by atoms with Crippen LogP contribution in [-0.2, 0) is 0 Å². The summed E-state index contributed by atoms with van der Waals surface area (Å²) in [5.74, 6) is -0.158. The Morgan fingerprint density at radius 3 is 2.71 bits per heavy atom. The Hall–Kier alpha value is -3.00. The van der Waals surface area contributed by atoms with Crippen LogP contribution in [-0.4, -0.2) is 12.5 Å². The Morgan fingerprint density at radius 2 is 2.00 bits per heavy atom. The van der Waals surface area contributed by atoms with E-state index in [1.165, 1.54) is 0 Å². The summed E-state index contributed by atoms with van der Waals surface area (Å²) in [6, 6.07) is 14.2. The van der Waals surface area contributed by atoms with E-state index in [0.717, 1.165) is 0 Å². The average Bonchev–Trinajstić information content (AvgIpc) is 2.50. The van der Waals surface area contributed by atoms with Gasteiger partial charge in [0.2, 0.25) is 0 Å². The monoisotopic (exact) mass is 280 g/mol. The molecule has 0 bridgehead atoms. The molecule has 0 saturated carbocycles. The van der Waals surface area contributed by atoms with Gasteiger partial charge in [-0.3, -0.25) is 4.79 Å². The molecule has 0 aliphatic rings. The van der Waals surface area contributed by atoms with Gasteiger partial charge in [0.15, 0.2) is 0 Å². The Labute approximate surface area is 123 Å². The second-order valence-corrected chi connectivity index (χ2v) is 4.44. The van der Waals surface area contributed by atoms with Crippen molar-refractivity contribution in [1.82, 2.24) is 5.32 Å². The topological polar surface area (TPSA) is 90.9 Å². The summed E-state index contributed by atoms with van der Waals surface area (Å²) in [5.41, 5.74) is 8.72. The predicted octanol–water partition coefficient (Wildman–Crippen LogP) is 2.63. The number of nitrogens with two attached hydrogens (primary N) is 1. The lowest BCUT2D eigenvalue weighted by atomic mass is 10.1. The van der Waals surface area contributed by atoms with Crippen LogP contribution in [0.2, 0.25) is 0 Å². The van der Waals surface area contributed by atoms with Gasteiger partial charge < -0.3 is 16.4 Å². The molecule has 0 atom stereocenters. The molecule has 0 saturated heterocycles. The third kappa shape index (κ3) is 3.31. The molecule has 5 nitrogen and oxygen atoms in total. The highest BCUT2D eigenvalue weighted by atomic mass is 16.1. The highest BCUT2D eigenvalue weighted by Crippen LogP contribution is 2.26. The molecule has 5 heteroatoms. The zero-order chi connectivity index (χ0) is 15.2. The first kappa shape index (κ1) is 14.4. The fraction of sp³-hybridized carbons (Fsp3) is 0.125. The van der Waals surface area contributed by atoms with Gasteiger partial charge in [-0.2, -0.15) is 5.26 Å². The Bertz CT molecular complexity index is 704. The summed E-state index contributed by atoms with van der Waals surface area (Å²) in [7, 11) is 0. The van der Waals surface area contributed by atoms with Crippen molar-refractivity contribution in [3.8, 4) is 6.07 Å². The lowest BCUT2D eigenvalue weighted by molar-refractivity contribution is 0.0956. The number of rotatable bonds is 4. The molecule has 0 aliphatic carbocycles. The molecule has 0 aliphatic heterocycles. The van der Waals surface area contributed by atoms with E-state index in [2.05, 4.69) is 16.7 Å². The van der Waals surface area contributed by atoms with Gasteiger partial charge in [0.25, 0.3) is 5.91 Å². The quantitative estimate of drug-likeness (QED) is 0.751. The molecule has 1 amide bonds. The van der Waals surface area contributed by atoms with Crippen LogP contribution in [0.3, 0.4) is 0 Å². The highest BCUT2D eigenvalue weighted by molar-refractivity contribution is 5.96. The SMILES string of the molecule is CCNC(=O)c1ccc(N)c(Nc2ccccc2C#N)c1. The number of nitrogens with one attached hydrogen (secondary N) is 2. The number of nitriles is 1. The number of amides is 1. The average molecular weight is 280 g/mol. The number of para-hydroxylation sites is 1. The standard InChI is InChI=1S/C16H16N4O/c1-2-19-16(21)11-7-8-13(18)15(9-11)20-14-6-4-3-5-12(14)10-17/h3-9,20H,2,18H2,1H3,(H,19,21). The zero-order valence-corrected chi connectivity index (χ0v) is 11.7. The van der Waals surface area contributed by atoms with E-state index in [1.54, 1.807) is 36.4 Å². The first-order valence-electron chi connectivity index (χ1n) is 6.59. The van der Waals surface area contributed by atoms with E-state index in [1.807, 2.05) is 13.0 Å². The second-order valence-electron chi connectivity index (χ2n) is 4.44. The smallest absolute Gasteiger partial charge is 0.251 e. The molecule has 0 fully saturated rings. The molecule has 2 rings (SSSR count). The molecule has 0 unspecified atom stereocenters. The fourth-order valence-electron chi connectivity index (χ4n) is 1.90. The number of nitrogen functional groups attached to an aromatic ring is 1. The maximum Gasteiger partial charge on any atom is 0.251 e. The first-order valence-corrected chi connectivity index (χ1v) is 6.59. The van der Waals surface area contributed by atoms with Crippen molar-refractivity contribution in [2.45, 2.75) is 6.92 Å². The molecule has 0 heterocycles. The van der Waals surface area contributed by atoms with Crippen LogP contribution in [0.1, 0.15) is 22.8 Å². The first-order chi connectivity index (χ1) is 10.2. The van der Waals surface area contributed by atoms with Crippen LogP contribution < -0.4 is 16.4 Å². The fourth-order valence-corrected chi connectivity index (χ4v) is 1.90. The van der Waals surface area contributed by atoms with Crippen LogP contribution in [0, 0.1) is 11.3 Å². The lowest BCUT2D eigenvalue weighted by Crippen LogP contribution is -2.22. The normalized spacial score (nSPS) is 9.71. The van der Waals surface area contributed by atoms with Crippen LogP contribution in [0.4, 0.5) is 17.1 Å². The molecular weight excluding hydrogens is 264 g/mol. The van der Waals surface area contributed by atoms with Crippen molar-refractivity contribution in [1.29, 1.82) is 5.26 Å². The molecule has 2 aromatic rings. The maximum atomic E-state index is 11.9. The minimum atomic E-state index is -0.158. The second kappa shape index (κ2) is 6.44. The van der Waals surface area contributed by atoms with Gasteiger partial charge in [0.1, 0.15) is 6.07 Å². The van der Waals surface area contributed by atoms with Crippen molar-refractivity contribution in [3.05, 3.63) is 53.6 Å². The summed E-state index contributed by atoms with van der Waals surface area (Å²) in [5, 5.41) is 14.9. The van der Waals surface area contributed by atoms with Gasteiger partial charge in [-0.15, -0.1) is 0 Å². The van der Waals surface area contributed by atoms with E-state index in [9.17, 15) is 4.79 Å². The van der Waals surface area contributed by atoms with Gasteiger partial charge >= 0.3 is 0 Å². The third-order valence-corrected chi connectivity index (χ3v) is 2.97. The number of anilines is 3. The van der Waals surface area contributed by atoms with E-state index >= 15 is 0 Å². The maximum absolute atomic E-state index is 11.9. The molecular formula is C16H16N4O. The molecule has 2 aromatic carbocycles. The minimum Gasteiger partial charge on any atom is -0.397 e. The molecule has 0 spiro atoms. The Morgan fingerprint density at radius 1 is 1.24 bits per heavy atom. The highest BCUT2D eigenvalue weighted by Gasteiger charge is 2.09. The largest absolute Gasteiger partial charge is 0.397 e. The van der Waals surface area contributed by atoms with E-state index in [0.29, 0.717) is 34.7 Å². The Balaban J connectivity index is 2.34. The Kier molecular flexibility index (Phi) is 4.42. The van der Waals surface area contributed by atoms with E-state index < -0.39 is 0 Å². The third-order valence-electron chi connectivity index (χ3n) is 2.97.